The number of nitrogens with zero attached hydrogens (tertiary/aromatic N) is 1. The van der Waals surface area contributed by atoms with Crippen LogP contribution >= 0.6 is 0 Å². The Kier molecular flexibility index (Phi) is 3.89. The van der Waals surface area contributed by atoms with Crippen LogP contribution in [-0.2, 0) is 4.79 Å². The monoisotopic (exact) mass is 474 g/mol. The van der Waals surface area contributed by atoms with Gasteiger partial charge in [0.15, 0.2) is 0 Å². The van der Waals surface area contributed by atoms with Crippen LogP contribution in [0.25, 0.3) is 32.7 Å². The van der Waals surface area contributed by atoms with Gasteiger partial charge in [-0.2, -0.15) is 0 Å². The molecule has 3 aliphatic rings. The van der Waals surface area contributed by atoms with Gasteiger partial charge in [0, 0.05) is 27.8 Å². The summed E-state index contributed by atoms with van der Waals surface area (Å²) in [5.74, 6) is -0.105. The molecule has 0 saturated heterocycles. The fourth-order valence-corrected chi connectivity index (χ4v) is 5.90. The van der Waals surface area contributed by atoms with Crippen molar-refractivity contribution in [1.82, 2.24) is 0 Å². The summed E-state index contributed by atoms with van der Waals surface area (Å²) in [5, 5.41) is 27.2. The molecule has 0 unspecified atom stereocenters. The quantitative estimate of drug-likeness (QED) is 0.310. The van der Waals surface area contributed by atoms with E-state index < -0.39 is 5.66 Å². The number of aliphatic hydroxyl groups excluding tert-OH is 1. The van der Waals surface area contributed by atoms with Crippen LogP contribution in [0.1, 0.15) is 33.3 Å². The molecular weight excluding hydrogens is 448 g/mol. The molecule has 0 bridgehead atoms. The summed E-state index contributed by atoms with van der Waals surface area (Å²) in [6, 6.07) is 19.8. The molecule has 7 rings (SSSR count). The van der Waals surface area contributed by atoms with E-state index in [9.17, 15) is 9.90 Å². The zero-order valence-electron chi connectivity index (χ0n) is 20.6. The molecule has 0 saturated carbocycles. The summed E-state index contributed by atoms with van der Waals surface area (Å²) < 4.78 is 0. The van der Waals surface area contributed by atoms with E-state index in [2.05, 4.69) is 29.8 Å². The number of hydrogen-bond donors (Lipinski definition) is 4. The molecule has 36 heavy (non-hydrogen) atoms. The molecule has 0 amide bonds. The number of anilines is 3. The van der Waals surface area contributed by atoms with Crippen LogP contribution in [0.15, 0.2) is 71.4 Å². The van der Waals surface area contributed by atoms with Crippen molar-refractivity contribution < 1.29 is 9.90 Å². The number of allylic oxidation sites excluding steroid dienone is 2. The third-order valence-corrected chi connectivity index (χ3v) is 7.26. The van der Waals surface area contributed by atoms with Crippen LogP contribution in [0.5, 0.6) is 0 Å². The summed E-state index contributed by atoms with van der Waals surface area (Å²) in [4.78, 5) is 18.5. The number of benzene rings is 4. The van der Waals surface area contributed by atoms with Crippen molar-refractivity contribution in [2.24, 2.45) is 4.99 Å². The van der Waals surface area contributed by atoms with Crippen LogP contribution < -0.4 is 26.5 Å². The van der Waals surface area contributed by atoms with E-state index in [1.54, 1.807) is 0 Å². The van der Waals surface area contributed by atoms with Crippen LogP contribution in [0.4, 0.5) is 17.1 Å². The molecule has 178 valence electrons. The van der Waals surface area contributed by atoms with Gasteiger partial charge in [0.05, 0.1) is 16.5 Å². The van der Waals surface area contributed by atoms with Gasteiger partial charge in [-0.3, -0.25) is 9.79 Å². The lowest BCUT2D eigenvalue weighted by Crippen LogP contribution is -2.42. The number of carbonyl (C=O) groups is 1. The van der Waals surface area contributed by atoms with Gasteiger partial charge in [0.1, 0.15) is 17.1 Å². The van der Waals surface area contributed by atoms with Gasteiger partial charge in [0.25, 0.3) is 0 Å². The minimum Gasteiger partial charge on any atom is -0.506 e. The lowest BCUT2D eigenvalue weighted by Gasteiger charge is -2.36. The fraction of sp³-hybridized carbons (Fsp3) is 0.200. The predicted octanol–water partition coefficient (Wildman–Crippen LogP) is 5.05. The molecule has 0 spiro atoms. The molecule has 0 fully saturated rings. The molecule has 4 N–H and O–H groups in total. The first-order valence-electron chi connectivity index (χ1n) is 12.2. The largest absolute Gasteiger partial charge is 0.506 e. The molecule has 0 atom stereocenters. The highest BCUT2D eigenvalue weighted by atomic mass is 16.3. The zero-order chi connectivity index (χ0) is 25.0. The number of aliphatic hydroxyl groups is 1. The van der Waals surface area contributed by atoms with Gasteiger partial charge < -0.3 is 21.1 Å². The summed E-state index contributed by atoms with van der Waals surface area (Å²) in [5.41, 5.74) is 3.75. The van der Waals surface area contributed by atoms with E-state index in [0.29, 0.717) is 11.1 Å². The van der Waals surface area contributed by atoms with Crippen LogP contribution in [-0.4, -0.2) is 22.2 Å². The van der Waals surface area contributed by atoms with Gasteiger partial charge in [-0.15, -0.1) is 0 Å². The molecule has 2 heterocycles. The Labute approximate surface area is 208 Å². The molecule has 0 aromatic heterocycles. The molecule has 1 aliphatic carbocycles. The maximum absolute atomic E-state index is 13.6. The van der Waals surface area contributed by atoms with Crippen LogP contribution in [0.3, 0.4) is 0 Å². The number of Topliss-reactive ketones (excluding diaryl/α,β-unsaturated/α-hetero) is 1. The van der Waals surface area contributed by atoms with Crippen LogP contribution in [0.2, 0.25) is 0 Å². The van der Waals surface area contributed by atoms with Gasteiger partial charge in [0.2, 0.25) is 5.78 Å². The van der Waals surface area contributed by atoms with E-state index >= 15 is 0 Å². The SMILES string of the molecule is CC1(C)N=c2cc/c(=C3\C(=O)C(c4ccc5c6c(cccc46)NC(C)(C)N5)=C3O)c3cccc(c23)N1. The highest BCUT2D eigenvalue weighted by Crippen LogP contribution is 2.45. The standard InChI is InChI=1S/C30H26N4O2/c1-29(2)31-19-9-5-7-15-17(11-13-21(33-29)23(15)19)25-27(35)26(28(25)36)18-12-14-22-24-16(18)8-6-10-20(24)32-30(3,4)34-22/h5-14,31-33,35H,1-4H3/b26-18+. The van der Waals surface area contributed by atoms with E-state index in [0.717, 1.165) is 54.7 Å². The van der Waals surface area contributed by atoms with Crippen molar-refractivity contribution in [3.63, 3.8) is 0 Å². The van der Waals surface area contributed by atoms with Crippen molar-refractivity contribution >= 4 is 55.5 Å². The second kappa shape index (κ2) is 6.66. The number of carbonyl (C=O) groups excluding carboxylic acids is 1. The first kappa shape index (κ1) is 21.0. The Morgan fingerprint density at radius 3 is 2.11 bits per heavy atom. The Hall–Kier alpha value is -4.32. The summed E-state index contributed by atoms with van der Waals surface area (Å²) in [7, 11) is 0. The maximum atomic E-state index is 13.6. The smallest absolute Gasteiger partial charge is 0.201 e. The minimum atomic E-state index is -0.412. The van der Waals surface area contributed by atoms with E-state index in [4.69, 9.17) is 4.99 Å². The molecule has 6 heteroatoms. The van der Waals surface area contributed by atoms with Gasteiger partial charge in [-0.1, -0.05) is 36.4 Å². The molecular formula is C30H26N4O2. The van der Waals surface area contributed by atoms with Crippen molar-refractivity contribution in [1.29, 1.82) is 0 Å². The number of rotatable bonds is 1. The van der Waals surface area contributed by atoms with Gasteiger partial charge in [-0.05, 0) is 73.5 Å². The molecule has 4 aromatic rings. The topological polar surface area (TPSA) is 85.8 Å². The Bertz CT molecular complexity index is 1830. The average molecular weight is 475 g/mol. The lowest BCUT2D eigenvalue weighted by atomic mass is 9.79. The normalized spacial score (nSPS) is 20.3. The number of nitrogens with one attached hydrogen (secondary N) is 3. The van der Waals surface area contributed by atoms with Gasteiger partial charge >= 0.3 is 0 Å². The Balaban J connectivity index is 1.47. The third kappa shape index (κ3) is 2.78. The first-order chi connectivity index (χ1) is 17.1. The predicted molar refractivity (Wildman–Crippen MR) is 146 cm³/mol. The van der Waals surface area contributed by atoms with E-state index in [1.165, 1.54) is 0 Å². The molecule has 4 aromatic carbocycles. The second-order valence-electron chi connectivity index (χ2n) is 10.8. The van der Waals surface area contributed by atoms with Crippen molar-refractivity contribution in [3.8, 4) is 0 Å². The molecule has 2 aliphatic heterocycles. The average Bonchev–Trinajstić information content (AvgIpc) is 2.81. The van der Waals surface area contributed by atoms with Gasteiger partial charge in [-0.25, -0.2) is 0 Å². The number of ketones is 1. The Morgan fingerprint density at radius 2 is 1.39 bits per heavy atom. The molecule has 0 radical (unpaired) electrons. The van der Waals surface area contributed by atoms with Crippen molar-refractivity contribution in [3.05, 3.63) is 82.6 Å². The number of hydrogen-bond acceptors (Lipinski definition) is 6. The fourth-order valence-electron chi connectivity index (χ4n) is 5.90. The summed E-state index contributed by atoms with van der Waals surface area (Å²) in [6.07, 6.45) is 0. The highest BCUT2D eigenvalue weighted by molar-refractivity contribution is 6.53. The third-order valence-electron chi connectivity index (χ3n) is 7.26. The second-order valence-corrected chi connectivity index (χ2v) is 10.8. The van der Waals surface area contributed by atoms with E-state index in [1.807, 2.05) is 74.5 Å². The summed E-state index contributed by atoms with van der Waals surface area (Å²) in [6.45, 7) is 8.22. The van der Waals surface area contributed by atoms with Crippen molar-refractivity contribution in [2.75, 3.05) is 16.0 Å². The summed E-state index contributed by atoms with van der Waals surface area (Å²) >= 11 is 0. The molecule has 6 nitrogen and oxygen atoms in total. The first-order valence-corrected chi connectivity index (χ1v) is 12.2. The van der Waals surface area contributed by atoms with Crippen LogP contribution in [0, 0.1) is 0 Å². The zero-order valence-corrected chi connectivity index (χ0v) is 20.6. The minimum absolute atomic E-state index is 0.0412. The maximum Gasteiger partial charge on any atom is 0.201 e. The van der Waals surface area contributed by atoms with Crippen molar-refractivity contribution in [2.45, 2.75) is 39.0 Å². The van der Waals surface area contributed by atoms with E-state index in [-0.39, 0.29) is 17.2 Å². The highest BCUT2D eigenvalue weighted by Gasteiger charge is 2.37. The lowest BCUT2D eigenvalue weighted by molar-refractivity contribution is -0.109. The Morgan fingerprint density at radius 1 is 0.722 bits per heavy atom.